The van der Waals surface area contributed by atoms with Crippen LogP contribution in [0.25, 0.3) is 16.9 Å². The highest BCUT2D eigenvalue weighted by atomic mass is 35.5. The Bertz CT molecular complexity index is 1600. The Morgan fingerprint density at radius 3 is 2.49 bits per heavy atom. The summed E-state index contributed by atoms with van der Waals surface area (Å²) in [5.41, 5.74) is 2.80. The molecule has 0 aliphatic heterocycles. The average molecular weight is 543 g/mol. The largest absolute Gasteiger partial charge is 0.467 e. The van der Waals surface area contributed by atoms with Crippen molar-refractivity contribution in [2.75, 3.05) is 11.9 Å². The van der Waals surface area contributed by atoms with Crippen molar-refractivity contribution < 1.29 is 18.4 Å². The van der Waals surface area contributed by atoms with Gasteiger partial charge in [0.2, 0.25) is 11.9 Å². The monoisotopic (exact) mass is 542 g/mol. The van der Waals surface area contributed by atoms with Gasteiger partial charge in [-0.15, -0.1) is 0 Å². The van der Waals surface area contributed by atoms with E-state index in [0.29, 0.717) is 33.3 Å². The highest BCUT2D eigenvalue weighted by Gasteiger charge is 2.22. The molecule has 0 spiro atoms. The molecule has 0 saturated heterocycles. The van der Waals surface area contributed by atoms with Crippen molar-refractivity contribution in [3.8, 4) is 16.9 Å². The molecule has 39 heavy (non-hydrogen) atoms. The highest BCUT2D eigenvalue weighted by Crippen LogP contribution is 2.25. The van der Waals surface area contributed by atoms with Crippen LogP contribution in [-0.4, -0.2) is 32.8 Å². The molecular weight excluding hydrogens is 519 g/mol. The van der Waals surface area contributed by atoms with Crippen molar-refractivity contribution in [3.05, 3.63) is 125 Å². The standard InChI is InChI=1S/C30H24ClFN4O3/c1-20-9-14-24(16-26(20)32)36-18-27(21-6-3-2-4-7-21)33-30(36)34-28(37)19-35(17-25-8-5-15-39-25)29(38)22-10-12-23(31)13-11-22/h2-16,18H,17,19H2,1H3,(H,33,34,37). The van der Waals surface area contributed by atoms with Crippen LogP contribution in [0, 0.1) is 12.7 Å². The van der Waals surface area contributed by atoms with Crippen LogP contribution in [0.15, 0.2) is 102 Å². The average Bonchev–Trinajstić information content (AvgIpc) is 3.61. The lowest BCUT2D eigenvalue weighted by Gasteiger charge is -2.21. The van der Waals surface area contributed by atoms with E-state index in [1.54, 1.807) is 66.2 Å². The van der Waals surface area contributed by atoms with E-state index < -0.39 is 5.91 Å². The van der Waals surface area contributed by atoms with E-state index >= 15 is 0 Å². The number of carbonyl (C=O) groups is 2. The molecule has 0 bridgehead atoms. The minimum absolute atomic E-state index is 0.0781. The number of rotatable bonds is 8. The number of halogens is 2. The molecular formula is C30H24ClFN4O3. The first-order valence-corrected chi connectivity index (χ1v) is 12.5. The molecule has 5 aromatic rings. The van der Waals surface area contributed by atoms with Crippen LogP contribution in [0.2, 0.25) is 5.02 Å². The van der Waals surface area contributed by atoms with Gasteiger partial charge < -0.3 is 9.32 Å². The number of furan rings is 1. The Labute approximate surface area is 229 Å². The normalized spacial score (nSPS) is 10.8. The van der Waals surface area contributed by atoms with Gasteiger partial charge in [-0.05, 0) is 61.0 Å². The van der Waals surface area contributed by atoms with Crippen LogP contribution in [0.3, 0.4) is 0 Å². The molecule has 0 unspecified atom stereocenters. The maximum atomic E-state index is 14.4. The molecule has 0 fully saturated rings. The van der Waals surface area contributed by atoms with E-state index in [0.717, 1.165) is 5.56 Å². The molecule has 2 amide bonds. The van der Waals surface area contributed by atoms with Crippen molar-refractivity contribution in [1.29, 1.82) is 0 Å². The predicted molar refractivity (Wildman–Crippen MR) is 147 cm³/mol. The molecule has 2 aromatic heterocycles. The number of nitrogens with zero attached hydrogens (tertiary/aromatic N) is 3. The second-order valence-electron chi connectivity index (χ2n) is 8.91. The number of carbonyl (C=O) groups excluding carboxylic acids is 2. The van der Waals surface area contributed by atoms with Crippen LogP contribution >= 0.6 is 11.6 Å². The molecule has 0 aliphatic rings. The van der Waals surface area contributed by atoms with Crippen molar-refractivity contribution in [3.63, 3.8) is 0 Å². The summed E-state index contributed by atoms with van der Waals surface area (Å²) < 4.78 is 21.5. The molecule has 196 valence electrons. The number of amides is 2. The maximum Gasteiger partial charge on any atom is 0.254 e. The third-order valence-corrected chi connectivity index (χ3v) is 6.35. The Balaban J connectivity index is 1.44. The van der Waals surface area contributed by atoms with Crippen LogP contribution in [0.5, 0.6) is 0 Å². The fraction of sp³-hybridized carbons (Fsp3) is 0.100. The number of aromatic nitrogens is 2. The zero-order chi connectivity index (χ0) is 27.4. The van der Waals surface area contributed by atoms with E-state index in [9.17, 15) is 14.0 Å². The van der Waals surface area contributed by atoms with Gasteiger partial charge in [-0.2, -0.15) is 0 Å². The Morgan fingerprint density at radius 1 is 1.03 bits per heavy atom. The first-order chi connectivity index (χ1) is 18.9. The number of imidazole rings is 1. The molecule has 7 nitrogen and oxygen atoms in total. The summed E-state index contributed by atoms with van der Waals surface area (Å²) in [7, 11) is 0. The summed E-state index contributed by atoms with van der Waals surface area (Å²) in [6.07, 6.45) is 3.23. The second-order valence-corrected chi connectivity index (χ2v) is 9.35. The second kappa shape index (κ2) is 11.4. The summed E-state index contributed by atoms with van der Waals surface area (Å²) in [6.45, 7) is 1.48. The van der Waals surface area contributed by atoms with E-state index in [4.69, 9.17) is 16.0 Å². The zero-order valence-corrected chi connectivity index (χ0v) is 21.7. The van der Waals surface area contributed by atoms with E-state index in [1.807, 2.05) is 30.3 Å². The Kier molecular flexibility index (Phi) is 7.56. The minimum atomic E-state index is -0.483. The third kappa shape index (κ3) is 6.08. The van der Waals surface area contributed by atoms with Gasteiger partial charge in [0, 0.05) is 22.3 Å². The molecule has 0 saturated carbocycles. The van der Waals surface area contributed by atoms with E-state index in [2.05, 4.69) is 10.3 Å². The Morgan fingerprint density at radius 2 is 1.79 bits per heavy atom. The molecule has 0 atom stereocenters. The molecule has 9 heteroatoms. The van der Waals surface area contributed by atoms with Gasteiger partial charge >= 0.3 is 0 Å². The molecule has 1 N–H and O–H groups in total. The highest BCUT2D eigenvalue weighted by molar-refractivity contribution is 6.30. The van der Waals surface area contributed by atoms with Gasteiger partial charge in [0.25, 0.3) is 5.91 Å². The first kappa shape index (κ1) is 25.9. The number of benzene rings is 3. The van der Waals surface area contributed by atoms with Crippen LogP contribution in [0.1, 0.15) is 21.7 Å². The predicted octanol–water partition coefficient (Wildman–Crippen LogP) is 6.51. The molecule has 0 radical (unpaired) electrons. The number of nitrogens with one attached hydrogen (secondary N) is 1. The van der Waals surface area contributed by atoms with Crippen molar-refractivity contribution in [1.82, 2.24) is 14.5 Å². The molecule has 5 rings (SSSR count). The quantitative estimate of drug-likeness (QED) is 0.242. The zero-order valence-electron chi connectivity index (χ0n) is 21.0. The van der Waals surface area contributed by atoms with Crippen LogP contribution in [0.4, 0.5) is 10.3 Å². The van der Waals surface area contributed by atoms with Crippen molar-refractivity contribution in [2.24, 2.45) is 0 Å². The molecule has 2 heterocycles. The summed E-state index contributed by atoms with van der Waals surface area (Å²) >= 11 is 5.98. The fourth-order valence-corrected chi connectivity index (χ4v) is 4.17. The summed E-state index contributed by atoms with van der Waals surface area (Å²) in [6, 6.07) is 24.1. The SMILES string of the molecule is Cc1ccc(-n2cc(-c3ccccc3)nc2NC(=O)CN(Cc2ccco2)C(=O)c2ccc(Cl)cc2)cc1F. The van der Waals surface area contributed by atoms with Gasteiger partial charge in [-0.1, -0.05) is 48.0 Å². The summed E-state index contributed by atoms with van der Waals surface area (Å²) in [5.74, 6) is -0.514. The molecule has 0 aliphatic carbocycles. The van der Waals surface area contributed by atoms with Gasteiger partial charge in [-0.25, -0.2) is 9.37 Å². The van der Waals surface area contributed by atoms with Crippen LogP contribution < -0.4 is 5.32 Å². The smallest absolute Gasteiger partial charge is 0.254 e. The number of aryl methyl sites for hydroxylation is 1. The van der Waals surface area contributed by atoms with Gasteiger partial charge in [-0.3, -0.25) is 19.5 Å². The summed E-state index contributed by atoms with van der Waals surface area (Å²) in [4.78, 5) is 32.6. The van der Waals surface area contributed by atoms with Crippen molar-refractivity contribution in [2.45, 2.75) is 13.5 Å². The lowest BCUT2D eigenvalue weighted by Crippen LogP contribution is -2.37. The van der Waals surface area contributed by atoms with Crippen LogP contribution in [-0.2, 0) is 11.3 Å². The Hall–Kier alpha value is -4.69. The van der Waals surface area contributed by atoms with Crippen molar-refractivity contribution >= 4 is 29.4 Å². The number of hydrogen-bond donors (Lipinski definition) is 1. The topological polar surface area (TPSA) is 80.4 Å². The fourth-order valence-electron chi connectivity index (χ4n) is 4.05. The third-order valence-electron chi connectivity index (χ3n) is 6.10. The lowest BCUT2D eigenvalue weighted by molar-refractivity contribution is -0.117. The lowest BCUT2D eigenvalue weighted by atomic mass is 10.2. The first-order valence-electron chi connectivity index (χ1n) is 12.2. The van der Waals surface area contributed by atoms with E-state index in [1.165, 1.54) is 17.2 Å². The van der Waals surface area contributed by atoms with Gasteiger partial charge in [0.05, 0.1) is 24.2 Å². The number of anilines is 1. The molecule has 3 aromatic carbocycles. The summed E-state index contributed by atoms with van der Waals surface area (Å²) in [5, 5.41) is 3.30. The van der Waals surface area contributed by atoms with E-state index in [-0.39, 0.29) is 30.8 Å². The van der Waals surface area contributed by atoms with Gasteiger partial charge in [0.1, 0.15) is 18.1 Å². The van der Waals surface area contributed by atoms with Gasteiger partial charge in [0.15, 0.2) is 0 Å². The minimum Gasteiger partial charge on any atom is -0.467 e. The number of hydrogen-bond acceptors (Lipinski definition) is 4. The maximum absolute atomic E-state index is 14.4.